The standard InChI is InChI=1S/C19H22N4O2/c1-22-14-20-16-12-15(4-5-17(16)22)21-18(24)13-19(6-10-25-11-7-19)23-8-2-3-9-23/h2-5,8-9,12,14H,6-7,10-11,13H2,1H3,(H,21,24). The van der Waals surface area contributed by atoms with Crippen LogP contribution in [0.5, 0.6) is 0 Å². The third-order valence-electron chi connectivity index (χ3n) is 5.07. The van der Waals surface area contributed by atoms with Gasteiger partial charge in [0.25, 0.3) is 0 Å². The van der Waals surface area contributed by atoms with Crippen molar-refractivity contribution in [3.8, 4) is 0 Å². The Hall–Kier alpha value is -2.60. The molecule has 6 nitrogen and oxygen atoms in total. The van der Waals surface area contributed by atoms with Crippen molar-refractivity contribution >= 4 is 22.6 Å². The van der Waals surface area contributed by atoms with Gasteiger partial charge in [-0.15, -0.1) is 0 Å². The molecule has 2 aromatic heterocycles. The van der Waals surface area contributed by atoms with Crippen molar-refractivity contribution < 1.29 is 9.53 Å². The molecule has 4 rings (SSSR count). The monoisotopic (exact) mass is 338 g/mol. The number of amides is 1. The third-order valence-corrected chi connectivity index (χ3v) is 5.07. The third kappa shape index (κ3) is 3.05. The molecule has 0 radical (unpaired) electrons. The number of anilines is 1. The Balaban J connectivity index is 1.53. The summed E-state index contributed by atoms with van der Waals surface area (Å²) in [7, 11) is 1.96. The van der Waals surface area contributed by atoms with E-state index in [1.165, 1.54) is 0 Å². The van der Waals surface area contributed by atoms with Crippen LogP contribution in [0.4, 0.5) is 5.69 Å². The molecule has 0 bridgehead atoms. The lowest BCUT2D eigenvalue weighted by Crippen LogP contribution is -2.42. The molecule has 3 aromatic rings. The molecule has 1 aliphatic rings. The fourth-order valence-electron chi connectivity index (χ4n) is 3.65. The Labute approximate surface area is 146 Å². The maximum Gasteiger partial charge on any atom is 0.226 e. The summed E-state index contributed by atoms with van der Waals surface area (Å²) in [5, 5.41) is 3.03. The van der Waals surface area contributed by atoms with Crippen LogP contribution in [0.15, 0.2) is 49.1 Å². The van der Waals surface area contributed by atoms with Gasteiger partial charge in [0, 0.05) is 38.3 Å². The van der Waals surface area contributed by atoms with Crippen molar-refractivity contribution in [2.45, 2.75) is 24.8 Å². The molecule has 130 valence electrons. The molecule has 1 aromatic carbocycles. The van der Waals surface area contributed by atoms with Crippen molar-refractivity contribution in [1.29, 1.82) is 0 Å². The van der Waals surface area contributed by atoms with Crippen LogP contribution in [0.1, 0.15) is 19.3 Å². The minimum Gasteiger partial charge on any atom is -0.381 e. The van der Waals surface area contributed by atoms with E-state index in [1.807, 2.05) is 54.3 Å². The molecule has 1 N–H and O–H groups in total. The number of rotatable bonds is 4. The molecule has 1 aliphatic heterocycles. The van der Waals surface area contributed by atoms with E-state index in [9.17, 15) is 4.79 Å². The van der Waals surface area contributed by atoms with Gasteiger partial charge in [0.2, 0.25) is 5.91 Å². The summed E-state index contributed by atoms with van der Waals surface area (Å²) in [5.74, 6) is 0.0193. The molecule has 1 amide bonds. The second-order valence-corrected chi connectivity index (χ2v) is 6.71. The lowest BCUT2D eigenvalue weighted by Gasteiger charge is -2.38. The number of aryl methyl sites for hydroxylation is 1. The molecule has 0 aliphatic carbocycles. The SMILES string of the molecule is Cn1cnc2cc(NC(=O)CC3(n4cccc4)CCOCC3)ccc21. The predicted octanol–water partition coefficient (Wildman–Crippen LogP) is 2.91. The number of nitrogens with one attached hydrogen (secondary N) is 1. The molecular formula is C19H22N4O2. The van der Waals surface area contributed by atoms with E-state index >= 15 is 0 Å². The lowest BCUT2D eigenvalue weighted by atomic mass is 9.86. The summed E-state index contributed by atoms with van der Waals surface area (Å²) < 4.78 is 9.64. The molecular weight excluding hydrogens is 316 g/mol. The summed E-state index contributed by atoms with van der Waals surface area (Å²) >= 11 is 0. The van der Waals surface area contributed by atoms with E-state index in [1.54, 1.807) is 6.33 Å². The number of fused-ring (bicyclic) bond motifs is 1. The molecule has 3 heterocycles. The largest absolute Gasteiger partial charge is 0.381 e. The minimum absolute atomic E-state index is 0.0193. The normalized spacial score (nSPS) is 16.8. The highest BCUT2D eigenvalue weighted by Gasteiger charge is 2.36. The van der Waals surface area contributed by atoms with Crippen LogP contribution < -0.4 is 5.32 Å². The van der Waals surface area contributed by atoms with E-state index in [0.29, 0.717) is 19.6 Å². The van der Waals surface area contributed by atoms with Gasteiger partial charge in [0.15, 0.2) is 0 Å². The number of ether oxygens (including phenoxy) is 1. The van der Waals surface area contributed by atoms with Crippen LogP contribution >= 0.6 is 0 Å². The highest BCUT2D eigenvalue weighted by molar-refractivity contribution is 5.93. The average Bonchev–Trinajstić information content (AvgIpc) is 3.26. The Morgan fingerprint density at radius 2 is 2.04 bits per heavy atom. The van der Waals surface area contributed by atoms with Gasteiger partial charge in [0.1, 0.15) is 0 Å². The Bertz CT molecular complexity index is 876. The highest BCUT2D eigenvalue weighted by atomic mass is 16.5. The first-order valence-electron chi connectivity index (χ1n) is 8.58. The number of imidazole rings is 1. The molecule has 1 saturated heterocycles. The van der Waals surface area contributed by atoms with Crippen LogP contribution in [-0.4, -0.2) is 33.2 Å². The maximum atomic E-state index is 12.7. The number of carbonyl (C=O) groups excluding carboxylic acids is 1. The zero-order valence-electron chi connectivity index (χ0n) is 14.3. The molecule has 0 atom stereocenters. The summed E-state index contributed by atoms with van der Waals surface area (Å²) in [6, 6.07) is 9.83. The van der Waals surface area contributed by atoms with Gasteiger partial charge in [-0.05, 0) is 43.2 Å². The zero-order valence-corrected chi connectivity index (χ0v) is 14.3. The Morgan fingerprint density at radius 1 is 1.28 bits per heavy atom. The van der Waals surface area contributed by atoms with Crippen LogP contribution in [0.2, 0.25) is 0 Å². The highest BCUT2D eigenvalue weighted by Crippen LogP contribution is 2.33. The summed E-state index contributed by atoms with van der Waals surface area (Å²) in [5.41, 5.74) is 2.50. The van der Waals surface area contributed by atoms with Gasteiger partial charge in [-0.25, -0.2) is 4.98 Å². The summed E-state index contributed by atoms with van der Waals surface area (Å²) in [6.07, 6.45) is 7.98. The van der Waals surface area contributed by atoms with Crippen molar-refractivity contribution in [1.82, 2.24) is 14.1 Å². The first-order valence-corrected chi connectivity index (χ1v) is 8.58. The van der Waals surface area contributed by atoms with Crippen molar-refractivity contribution in [3.05, 3.63) is 49.1 Å². The number of aromatic nitrogens is 3. The van der Waals surface area contributed by atoms with Gasteiger partial charge in [-0.3, -0.25) is 4.79 Å². The average molecular weight is 338 g/mol. The van der Waals surface area contributed by atoms with Crippen molar-refractivity contribution in [2.75, 3.05) is 18.5 Å². The number of nitrogens with zero attached hydrogens (tertiary/aromatic N) is 3. The number of hydrogen-bond donors (Lipinski definition) is 1. The zero-order chi connectivity index (χ0) is 17.3. The summed E-state index contributed by atoms with van der Waals surface area (Å²) in [6.45, 7) is 1.37. The fourth-order valence-corrected chi connectivity index (χ4v) is 3.65. The first kappa shape index (κ1) is 15.9. The topological polar surface area (TPSA) is 61.1 Å². The van der Waals surface area contributed by atoms with Crippen LogP contribution in [0, 0.1) is 0 Å². The molecule has 6 heteroatoms. The summed E-state index contributed by atoms with van der Waals surface area (Å²) in [4.78, 5) is 17.1. The van der Waals surface area contributed by atoms with E-state index in [-0.39, 0.29) is 11.4 Å². The van der Waals surface area contributed by atoms with Crippen molar-refractivity contribution in [2.24, 2.45) is 7.05 Å². The lowest BCUT2D eigenvalue weighted by molar-refractivity contribution is -0.119. The van der Waals surface area contributed by atoms with E-state index in [2.05, 4.69) is 14.9 Å². The first-order chi connectivity index (χ1) is 12.2. The van der Waals surface area contributed by atoms with E-state index in [0.717, 1.165) is 29.6 Å². The van der Waals surface area contributed by atoms with Gasteiger partial charge in [-0.2, -0.15) is 0 Å². The molecule has 0 unspecified atom stereocenters. The van der Waals surface area contributed by atoms with Crippen LogP contribution in [0.3, 0.4) is 0 Å². The second-order valence-electron chi connectivity index (χ2n) is 6.71. The minimum atomic E-state index is -0.207. The maximum absolute atomic E-state index is 12.7. The number of hydrogen-bond acceptors (Lipinski definition) is 3. The number of benzene rings is 1. The Kier molecular flexibility index (Phi) is 4.05. The van der Waals surface area contributed by atoms with Gasteiger partial charge in [0.05, 0.1) is 29.3 Å². The molecule has 1 fully saturated rings. The number of carbonyl (C=O) groups is 1. The van der Waals surface area contributed by atoms with Gasteiger partial charge in [-0.1, -0.05) is 0 Å². The predicted molar refractivity (Wildman–Crippen MR) is 96.4 cm³/mol. The van der Waals surface area contributed by atoms with Gasteiger partial charge < -0.3 is 19.2 Å². The molecule has 0 saturated carbocycles. The van der Waals surface area contributed by atoms with Crippen molar-refractivity contribution in [3.63, 3.8) is 0 Å². The smallest absolute Gasteiger partial charge is 0.226 e. The van der Waals surface area contributed by atoms with Gasteiger partial charge >= 0.3 is 0 Å². The molecule has 0 spiro atoms. The van der Waals surface area contributed by atoms with Crippen LogP contribution in [-0.2, 0) is 22.1 Å². The van der Waals surface area contributed by atoms with E-state index < -0.39 is 0 Å². The fraction of sp³-hybridized carbons (Fsp3) is 0.368. The van der Waals surface area contributed by atoms with E-state index in [4.69, 9.17) is 4.74 Å². The molecule has 25 heavy (non-hydrogen) atoms. The Morgan fingerprint density at radius 3 is 2.80 bits per heavy atom. The van der Waals surface area contributed by atoms with Crippen LogP contribution in [0.25, 0.3) is 11.0 Å². The quantitative estimate of drug-likeness (QED) is 0.796. The second kappa shape index (κ2) is 6.37.